The molecule has 0 radical (unpaired) electrons. The summed E-state index contributed by atoms with van der Waals surface area (Å²) in [5.41, 5.74) is 0.342. The molecule has 0 bridgehead atoms. The van der Waals surface area contributed by atoms with Crippen molar-refractivity contribution in [3.05, 3.63) is 18.2 Å². The molecule has 154 valence electrons. The van der Waals surface area contributed by atoms with E-state index < -0.39 is 24.2 Å². The second kappa shape index (κ2) is 8.28. The minimum absolute atomic E-state index is 0.0780. The van der Waals surface area contributed by atoms with E-state index in [1.54, 1.807) is 12.1 Å². The smallest absolute Gasteiger partial charge is 0.391 e. The Morgan fingerprint density at radius 2 is 2.04 bits per heavy atom. The summed E-state index contributed by atoms with van der Waals surface area (Å²) in [7, 11) is 1.44. The van der Waals surface area contributed by atoms with Crippen molar-refractivity contribution in [3.8, 4) is 11.5 Å². The summed E-state index contributed by atoms with van der Waals surface area (Å²) in [6.07, 6.45) is -3.00. The Balaban J connectivity index is 1.68. The van der Waals surface area contributed by atoms with E-state index in [0.29, 0.717) is 42.9 Å². The van der Waals surface area contributed by atoms with Gasteiger partial charge in [0.1, 0.15) is 17.5 Å². The third-order valence-corrected chi connectivity index (χ3v) is 5.13. The summed E-state index contributed by atoms with van der Waals surface area (Å²) in [4.78, 5) is 23.6. The van der Waals surface area contributed by atoms with Gasteiger partial charge >= 0.3 is 6.18 Å². The highest BCUT2D eigenvalue weighted by Gasteiger charge is 2.42. The molecule has 1 aromatic rings. The number of carbonyl (C=O) groups excluding carboxylic acids is 2. The molecular formula is C19H23F3N2O4. The number of alkyl halides is 3. The van der Waals surface area contributed by atoms with Crippen LogP contribution >= 0.6 is 0 Å². The van der Waals surface area contributed by atoms with E-state index >= 15 is 0 Å². The minimum Gasteiger partial charge on any atom is -0.495 e. The van der Waals surface area contributed by atoms with Gasteiger partial charge in [0, 0.05) is 12.5 Å². The average Bonchev–Trinajstić information content (AvgIpc) is 3.08. The average molecular weight is 400 g/mol. The van der Waals surface area contributed by atoms with Gasteiger partial charge in [-0.1, -0.05) is 0 Å². The van der Waals surface area contributed by atoms with E-state index in [1.165, 1.54) is 13.2 Å². The summed E-state index contributed by atoms with van der Waals surface area (Å²) in [5, 5.41) is 5.28. The molecule has 1 saturated heterocycles. The third-order valence-electron chi connectivity index (χ3n) is 5.13. The molecule has 6 nitrogen and oxygen atoms in total. The number of halogens is 3. The molecule has 1 unspecified atom stereocenters. The second-order valence-electron chi connectivity index (χ2n) is 7.16. The van der Waals surface area contributed by atoms with E-state index in [2.05, 4.69) is 10.6 Å². The first-order valence-electron chi connectivity index (χ1n) is 9.28. The number of hydrogen-bond donors (Lipinski definition) is 2. The topological polar surface area (TPSA) is 76.7 Å². The minimum atomic E-state index is -4.22. The molecule has 0 spiro atoms. The highest BCUT2D eigenvalue weighted by Crippen LogP contribution is 2.39. The molecule has 1 saturated carbocycles. The van der Waals surface area contributed by atoms with Crippen molar-refractivity contribution < 1.29 is 32.2 Å². The molecule has 3 atom stereocenters. The largest absolute Gasteiger partial charge is 0.495 e. The molecule has 2 fully saturated rings. The fraction of sp³-hybridized carbons (Fsp3) is 0.579. The van der Waals surface area contributed by atoms with E-state index in [4.69, 9.17) is 9.47 Å². The van der Waals surface area contributed by atoms with Crippen LogP contribution in [-0.4, -0.2) is 37.2 Å². The highest BCUT2D eigenvalue weighted by molar-refractivity contribution is 6.00. The summed E-state index contributed by atoms with van der Waals surface area (Å²) >= 11 is 0. The number of anilines is 1. The Morgan fingerprint density at radius 3 is 2.68 bits per heavy atom. The van der Waals surface area contributed by atoms with Gasteiger partial charge in [-0.2, -0.15) is 13.2 Å². The SMILES string of the molecule is COc1ccc(O[C@H]2CCC[C@H](C(F)(F)F)C2)cc1NC(=O)C1CCC(=O)N1. The standard InChI is InChI=1S/C19H23F3N2O4/c1-27-16-7-5-13(28-12-4-2-3-11(9-12)19(20,21)22)10-15(16)24-18(26)14-6-8-17(25)23-14/h5,7,10-12,14H,2-4,6,8-9H2,1H3,(H,23,25)(H,24,26)/t11-,12-,14?/m0/s1. The number of benzene rings is 1. The van der Waals surface area contributed by atoms with E-state index in [0.717, 1.165) is 0 Å². The maximum Gasteiger partial charge on any atom is 0.391 e. The van der Waals surface area contributed by atoms with Crippen LogP contribution in [0.4, 0.5) is 18.9 Å². The Bertz CT molecular complexity index is 738. The van der Waals surface area contributed by atoms with Crippen molar-refractivity contribution in [3.63, 3.8) is 0 Å². The fourth-order valence-corrected chi connectivity index (χ4v) is 3.63. The van der Waals surface area contributed by atoms with Gasteiger partial charge in [0.05, 0.1) is 24.8 Å². The Kier molecular flexibility index (Phi) is 6.00. The Morgan fingerprint density at radius 1 is 1.25 bits per heavy atom. The molecule has 0 aromatic heterocycles. The Hall–Kier alpha value is -2.45. The van der Waals surface area contributed by atoms with Gasteiger partial charge in [-0.25, -0.2) is 0 Å². The van der Waals surface area contributed by atoms with Crippen molar-refractivity contribution in [2.45, 2.75) is 56.8 Å². The fourth-order valence-electron chi connectivity index (χ4n) is 3.63. The number of nitrogens with one attached hydrogen (secondary N) is 2. The quantitative estimate of drug-likeness (QED) is 0.794. The van der Waals surface area contributed by atoms with Crippen LogP contribution in [0.25, 0.3) is 0 Å². The van der Waals surface area contributed by atoms with E-state index in [9.17, 15) is 22.8 Å². The van der Waals surface area contributed by atoms with Crippen LogP contribution in [0.5, 0.6) is 11.5 Å². The lowest BCUT2D eigenvalue weighted by atomic mass is 9.87. The monoisotopic (exact) mass is 400 g/mol. The van der Waals surface area contributed by atoms with Crippen LogP contribution in [-0.2, 0) is 9.59 Å². The van der Waals surface area contributed by atoms with Crippen LogP contribution < -0.4 is 20.1 Å². The Labute approximate surface area is 160 Å². The van der Waals surface area contributed by atoms with Gasteiger partial charge in [-0.15, -0.1) is 0 Å². The molecule has 1 aliphatic heterocycles. The van der Waals surface area contributed by atoms with Crippen molar-refractivity contribution in [2.24, 2.45) is 5.92 Å². The lowest BCUT2D eigenvalue weighted by molar-refractivity contribution is -0.188. The normalized spacial score (nSPS) is 25.1. The third kappa shape index (κ3) is 4.88. The molecule has 2 aliphatic rings. The van der Waals surface area contributed by atoms with Crippen molar-refractivity contribution in [1.29, 1.82) is 0 Å². The van der Waals surface area contributed by atoms with Gasteiger partial charge < -0.3 is 20.1 Å². The molecule has 1 aliphatic carbocycles. The van der Waals surface area contributed by atoms with Crippen LogP contribution in [0.2, 0.25) is 0 Å². The number of ether oxygens (including phenoxy) is 2. The van der Waals surface area contributed by atoms with Crippen LogP contribution in [0.15, 0.2) is 18.2 Å². The van der Waals surface area contributed by atoms with Crippen LogP contribution in [0.3, 0.4) is 0 Å². The number of methoxy groups -OCH3 is 1. The van der Waals surface area contributed by atoms with Crippen LogP contribution in [0, 0.1) is 5.92 Å². The molecule has 2 amide bonds. The van der Waals surface area contributed by atoms with Gasteiger partial charge in [-0.3, -0.25) is 9.59 Å². The molecule has 28 heavy (non-hydrogen) atoms. The summed E-state index contributed by atoms with van der Waals surface area (Å²) in [5.74, 6) is -1.16. The number of hydrogen-bond acceptors (Lipinski definition) is 4. The molecule has 1 aromatic carbocycles. The lowest BCUT2D eigenvalue weighted by Crippen LogP contribution is -2.37. The first kappa shape index (κ1) is 20.3. The predicted molar refractivity (Wildman–Crippen MR) is 95.2 cm³/mol. The zero-order valence-corrected chi connectivity index (χ0v) is 15.5. The number of amides is 2. The number of rotatable bonds is 5. The maximum absolute atomic E-state index is 13.0. The van der Waals surface area contributed by atoms with E-state index in [-0.39, 0.29) is 24.7 Å². The lowest BCUT2D eigenvalue weighted by Gasteiger charge is -2.31. The van der Waals surface area contributed by atoms with Gasteiger partial charge in [0.2, 0.25) is 11.8 Å². The van der Waals surface area contributed by atoms with Gasteiger partial charge in [0.15, 0.2) is 0 Å². The van der Waals surface area contributed by atoms with Crippen LogP contribution in [0.1, 0.15) is 38.5 Å². The number of carbonyl (C=O) groups is 2. The predicted octanol–water partition coefficient (Wildman–Crippen LogP) is 3.41. The second-order valence-corrected chi connectivity index (χ2v) is 7.16. The molecular weight excluding hydrogens is 377 g/mol. The molecule has 2 N–H and O–H groups in total. The highest BCUT2D eigenvalue weighted by atomic mass is 19.4. The summed E-state index contributed by atoms with van der Waals surface area (Å²) in [6, 6.07) is 4.10. The first-order valence-corrected chi connectivity index (χ1v) is 9.28. The summed E-state index contributed by atoms with van der Waals surface area (Å²) < 4.78 is 50.0. The van der Waals surface area contributed by atoms with Gasteiger partial charge in [0.25, 0.3) is 0 Å². The van der Waals surface area contributed by atoms with Crippen molar-refractivity contribution in [2.75, 3.05) is 12.4 Å². The van der Waals surface area contributed by atoms with Crippen molar-refractivity contribution in [1.82, 2.24) is 5.32 Å². The first-order chi connectivity index (χ1) is 13.3. The molecule has 9 heteroatoms. The zero-order valence-electron chi connectivity index (χ0n) is 15.5. The zero-order chi connectivity index (χ0) is 20.3. The van der Waals surface area contributed by atoms with Gasteiger partial charge in [-0.05, 0) is 44.2 Å². The van der Waals surface area contributed by atoms with Crippen molar-refractivity contribution >= 4 is 17.5 Å². The summed E-state index contributed by atoms with van der Waals surface area (Å²) in [6.45, 7) is 0. The molecule has 1 heterocycles. The molecule has 3 rings (SSSR count). The maximum atomic E-state index is 13.0. The van der Waals surface area contributed by atoms with E-state index in [1.807, 2.05) is 0 Å².